The second-order valence-electron chi connectivity index (χ2n) is 5.56. The Labute approximate surface area is 108 Å². The van der Waals surface area contributed by atoms with Gasteiger partial charge in [0.15, 0.2) is 0 Å². The van der Waals surface area contributed by atoms with E-state index in [2.05, 4.69) is 35.7 Å². The zero-order valence-electron chi connectivity index (χ0n) is 10.7. The van der Waals surface area contributed by atoms with Crippen molar-refractivity contribution in [3.8, 4) is 0 Å². The number of nitrogens with zero attached hydrogens (tertiary/aromatic N) is 2. The maximum absolute atomic E-state index is 8.67. The first kappa shape index (κ1) is 13.0. The van der Waals surface area contributed by atoms with Gasteiger partial charge in [-0.3, -0.25) is 4.90 Å². The monoisotopic (exact) mass is 257 g/mol. The fraction of sp³-hybridized carbons (Fsp3) is 0.917. The first-order valence-corrected chi connectivity index (χ1v) is 7.43. The van der Waals surface area contributed by atoms with Crippen LogP contribution in [0.3, 0.4) is 0 Å². The molecular weight excluding hydrogens is 234 g/mol. The molecule has 1 aliphatic heterocycles. The number of nitrogens with two attached hydrogens (primary N) is 1. The van der Waals surface area contributed by atoms with E-state index in [4.69, 9.17) is 10.9 Å². The molecule has 2 rings (SSSR count). The van der Waals surface area contributed by atoms with Crippen molar-refractivity contribution < 1.29 is 5.21 Å². The predicted molar refractivity (Wildman–Crippen MR) is 72.6 cm³/mol. The number of thioether (sulfide) groups is 1. The molecule has 0 aromatic carbocycles. The van der Waals surface area contributed by atoms with Crippen molar-refractivity contribution in [3.05, 3.63) is 0 Å². The summed E-state index contributed by atoms with van der Waals surface area (Å²) in [6.07, 6.45) is 3.18. The van der Waals surface area contributed by atoms with Gasteiger partial charge in [0.2, 0.25) is 0 Å². The van der Waals surface area contributed by atoms with Crippen molar-refractivity contribution in [2.24, 2.45) is 16.3 Å². The van der Waals surface area contributed by atoms with E-state index in [-0.39, 0.29) is 0 Å². The van der Waals surface area contributed by atoms with E-state index in [0.717, 1.165) is 13.0 Å². The van der Waals surface area contributed by atoms with Crippen LogP contribution in [0, 0.1) is 5.41 Å². The third-order valence-corrected chi connectivity index (χ3v) is 5.53. The van der Waals surface area contributed by atoms with Gasteiger partial charge in [-0.25, -0.2) is 0 Å². The van der Waals surface area contributed by atoms with Crippen LogP contribution in [-0.2, 0) is 0 Å². The fourth-order valence-electron chi connectivity index (χ4n) is 2.64. The maximum atomic E-state index is 8.67. The highest BCUT2D eigenvalue weighted by atomic mass is 32.2. The molecule has 17 heavy (non-hydrogen) atoms. The van der Waals surface area contributed by atoms with Gasteiger partial charge in [-0.15, -0.1) is 0 Å². The summed E-state index contributed by atoms with van der Waals surface area (Å²) in [6.45, 7) is 6.91. The Hall–Kier alpha value is -0.420. The summed E-state index contributed by atoms with van der Waals surface area (Å²) >= 11 is 2.06. The van der Waals surface area contributed by atoms with Gasteiger partial charge in [-0.2, -0.15) is 11.8 Å². The molecule has 1 saturated heterocycles. The van der Waals surface area contributed by atoms with Crippen LogP contribution in [-0.4, -0.2) is 46.1 Å². The summed E-state index contributed by atoms with van der Waals surface area (Å²) in [5.41, 5.74) is 5.94. The minimum Gasteiger partial charge on any atom is -0.409 e. The Morgan fingerprint density at radius 1 is 1.53 bits per heavy atom. The first-order valence-electron chi connectivity index (χ1n) is 6.38. The highest BCUT2D eigenvalue weighted by molar-refractivity contribution is 8.00. The molecule has 0 amide bonds. The summed E-state index contributed by atoms with van der Waals surface area (Å²) in [6, 6.07) is 0.638. The molecular formula is C12H23N3OS. The van der Waals surface area contributed by atoms with Crippen LogP contribution in [0.15, 0.2) is 5.16 Å². The van der Waals surface area contributed by atoms with Crippen molar-refractivity contribution in [2.45, 2.75) is 44.4 Å². The van der Waals surface area contributed by atoms with Gasteiger partial charge in [0.05, 0.1) is 0 Å². The summed E-state index contributed by atoms with van der Waals surface area (Å²) in [4.78, 5) is 2.58. The molecule has 2 unspecified atom stereocenters. The molecule has 1 saturated carbocycles. The lowest BCUT2D eigenvalue weighted by Gasteiger charge is -2.39. The first-order chi connectivity index (χ1) is 8.06. The molecule has 98 valence electrons. The Balaban J connectivity index is 1.91. The standard InChI is InChI=1S/C12H23N3OS/c1-9-10(2)17-6-5-15(9)8-12(3-4-12)7-11(13)14-16/h9-10,16H,3-8H2,1-2H3,(H2,13,14). The summed E-state index contributed by atoms with van der Waals surface area (Å²) in [5, 5.41) is 12.5. The topological polar surface area (TPSA) is 61.8 Å². The minimum atomic E-state index is 0.298. The Morgan fingerprint density at radius 2 is 2.24 bits per heavy atom. The van der Waals surface area contributed by atoms with Gasteiger partial charge >= 0.3 is 0 Å². The van der Waals surface area contributed by atoms with Crippen LogP contribution in [0.2, 0.25) is 0 Å². The van der Waals surface area contributed by atoms with Crippen molar-refractivity contribution in [3.63, 3.8) is 0 Å². The predicted octanol–water partition coefficient (Wildman–Crippen LogP) is 1.73. The molecule has 0 aromatic rings. The number of oxime groups is 1. The zero-order chi connectivity index (χ0) is 12.5. The van der Waals surface area contributed by atoms with Crippen molar-refractivity contribution in [1.82, 2.24) is 4.90 Å². The molecule has 5 heteroatoms. The van der Waals surface area contributed by atoms with E-state index < -0.39 is 0 Å². The zero-order valence-corrected chi connectivity index (χ0v) is 11.5. The van der Waals surface area contributed by atoms with E-state index in [0.29, 0.717) is 22.5 Å². The van der Waals surface area contributed by atoms with Crippen LogP contribution in [0.4, 0.5) is 0 Å². The average molecular weight is 257 g/mol. The minimum absolute atomic E-state index is 0.298. The lowest BCUT2D eigenvalue weighted by atomic mass is 9.99. The molecule has 2 fully saturated rings. The van der Waals surface area contributed by atoms with E-state index in [9.17, 15) is 0 Å². The third kappa shape index (κ3) is 3.07. The van der Waals surface area contributed by atoms with Gasteiger partial charge in [0.25, 0.3) is 0 Å². The molecule has 3 N–H and O–H groups in total. The second kappa shape index (κ2) is 5.06. The summed E-state index contributed by atoms with van der Waals surface area (Å²) in [7, 11) is 0. The molecule has 4 nitrogen and oxygen atoms in total. The lowest BCUT2D eigenvalue weighted by molar-refractivity contribution is 0.172. The highest BCUT2D eigenvalue weighted by Gasteiger charge is 2.45. The molecule has 1 aliphatic carbocycles. The molecule has 2 aliphatic rings. The largest absolute Gasteiger partial charge is 0.409 e. The Kier molecular flexibility index (Phi) is 3.88. The molecule has 1 heterocycles. The number of hydrogen-bond acceptors (Lipinski definition) is 4. The normalized spacial score (nSPS) is 33.6. The highest BCUT2D eigenvalue weighted by Crippen LogP contribution is 2.50. The summed E-state index contributed by atoms with van der Waals surface area (Å²) < 4.78 is 0. The van der Waals surface area contributed by atoms with Crippen LogP contribution in [0.25, 0.3) is 0 Å². The van der Waals surface area contributed by atoms with E-state index in [1.165, 1.54) is 25.1 Å². The number of amidine groups is 1. The molecule has 0 spiro atoms. The van der Waals surface area contributed by atoms with Gasteiger partial charge in [0, 0.05) is 36.6 Å². The van der Waals surface area contributed by atoms with Gasteiger partial charge in [0.1, 0.15) is 5.84 Å². The van der Waals surface area contributed by atoms with Crippen molar-refractivity contribution in [2.75, 3.05) is 18.8 Å². The van der Waals surface area contributed by atoms with E-state index in [1.807, 2.05) is 0 Å². The lowest BCUT2D eigenvalue weighted by Crippen LogP contribution is -2.47. The quantitative estimate of drug-likeness (QED) is 0.348. The second-order valence-corrected chi connectivity index (χ2v) is 7.04. The van der Waals surface area contributed by atoms with Gasteiger partial charge in [-0.05, 0) is 25.2 Å². The summed E-state index contributed by atoms with van der Waals surface area (Å²) in [5.74, 6) is 1.61. The van der Waals surface area contributed by atoms with Crippen molar-refractivity contribution >= 4 is 17.6 Å². The third-order valence-electron chi connectivity index (χ3n) is 4.19. The van der Waals surface area contributed by atoms with Crippen molar-refractivity contribution in [1.29, 1.82) is 0 Å². The number of hydrogen-bond donors (Lipinski definition) is 2. The molecule has 0 aromatic heterocycles. The SMILES string of the molecule is CC1SCCN(CC2(CC(N)=NO)CC2)C1C. The Morgan fingerprint density at radius 3 is 2.82 bits per heavy atom. The van der Waals surface area contributed by atoms with E-state index >= 15 is 0 Å². The van der Waals surface area contributed by atoms with Gasteiger partial charge in [-0.1, -0.05) is 12.1 Å². The maximum Gasteiger partial charge on any atom is 0.139 e. The number of rotatable bonds is 4. The van der Waals surface area contributed by atoms with E-state index in [1.54, 1.807) is 0 Å². The average Bonchev–Trinajstić information content (AvgIpc) is 3.05. The van der Waals surface area contributed by atoms with Crippen LogP contribution in [0.5, 0.6) is 0 Å². The molecule has 2 atom stereocenters. The Bertz CT molecular complexity index is 304. The van der Waals surface area contributed by atoms with Gasteiger partial charge < -0.3 is 10.9 Å². The van der Waals surface area contributed by atoms with Crippen LogP contribution in [0.1, 0.15) is 33.1 Å². The smallest absolute Gasteiger partial charge is 0.139 e. The fourth-order valence-corrected chi connectivity index (χ4v) is 3.80. The molecule has 0 bridgehead atoms. The molecule has 0 radical (unpaired) electrons. The van der Waals surface area contributed by atoms with Crippen LogP contribution >= 0.6 is 11.8 Å². The van der Waals surface area contributed by atoms with Crippen LogP contribution < -0.4 is 5.73 Å².